The molecule has 1 aliphatic heterocycles. The maximum Gasteiger partial charge on any atom is 0.0431 e. The van der Waals surface area contributed by atoms with Gasteiger partial charge in [-0.25, -0.2) is 0 Å². The Morgan fingerprint density at radius 2 is 2.38 bits per heavy atom. The largest absolute Gasteiger partial charge is 0.396 e. The van der Waals surface area contributed by atoms with E-state index in [1.54, 1.807) is 0 Å². The highest BCUT2D eigenvalue weighted by molar-refractivity contribution is 4.76. The van der Waals surface area contributed by atoms with Gasteiger partial charge in [-0.15, -0.1) is 0 Å². The van der Waals surface area contributed by atoms with Crippen LogP contribution in [0.25, 0.3) is 0 Å². The van der Waals surface area contributed by atoms with Crippen LogP contribution in [0.1, 0.15) is 19.3 Å². The summed E-state index contributed by atoms with van der Waals surface area (Å²) < 4.78 is 0. The summed E-state index contributed by atoms with van der Waals surface area (Å²) in [4.78, 5) is 0. The fourth-order valence-corrected chi connectivity index (χ4v) is 0.933. The van der Waals surface area contributed by atoms with Crippen molar-refractivity contribution in [2.45, 2.75) is 25.3 Å². The number of aliphatic hydroxyl groups is 1. The summed E-state index contributed by atoms with van der Waals surface area (Å²) in [5, 5.41) is 11.7. The van der Waals surface area contributed by atoms with E-state index < -0.39 is 0 Å². The summed E-state index contributed by atoms with van der Waals surface area (Å²) in [6.07, 6.45) is 3.41. The van der Waals surface area contributed by atoms with Crippen molar-refractivity contribution in [3.8, 4) is 0 Å². The van der Waals surface area contributed by atoms with Crippen molar-refractivity contribution in [1.82, 2.24) is 5.32 Å². The summed E-state index contributed by atoms with van der Waals surface area (Å²) in [7, 11) is 0. The van der Waals surface area contributed by atoms with Crippen LogP contribution in [0.5, 0.6) is 0 Å². The first-order valence-electron chi connectivity index (χ1n) is 3.27. The van der Waals surface area contributed by atoms with Crippen molar-refractivity contribution in [1.29, 1.82) is 0 Å². The van der Waals surface area contributed by atoms with E-state index in [1.807, 2.05) is 0 Å². The first kappa shape index (κ1) is 6.05. The molecule has 0 amide bonds. The predicted octanol–water partition coefficient (Wildman–Crippen LogP) is 0.121. The van der Waals surface area contributed by atoms with Crippen molar-refractivity contribution < 1.29 is 5.11 Å². The fourth-order valence-electron chi connectivity index (χ4n) is 0.933. The molecule has 1 unspecified atom stereocenters. The van der Waals surface area contributed by atoms with Gasteiger partial charge in [0.05, 0.1) is 0 Å². The second kappa shape index (κ2) is 3.05. The third-order valence-corrected chi connectivity index (χ3v) is 1.64. The van der Waals surface area contributed by atoms with Gasteiger partial charge in [-0.3, -0.25) is 0 Å². The Labute approximate surface area is 49.9 Å². The molecule has 0 spiro atoms. The molecule has 0 saturated carbocycles. The normalized spacial score (nSPS) is 27.4. The number of nitrogens with one attached hydrogen (secondary N) is 1. The topological polar surface area (TPSA) is 32.3 Å². The molecule has 8 heavy (non-hydrogen) atoms. The molecular formula is C6H13NO. The van der Waals surface area contributed by atoms with Gasteiger partial charge in [0.25, 0.3) is 0 Å². The molecule has 2 heteroatoms. The van der Waals surface area contributed by atoms with E-state index in [4.69, 9.17) is 5.11 Å². The molecule has 0 aliphatic carbocycles. The minimum Gasteiger partial charge on any atom is -0.396 e. The van der Waals surface area contributed by atoms with Gasteiger partial charge in [-0.05, 0) is 25.8 Å². The molecule has 48 valence electrons. The smallest absolute Gasteiger partial charge is 0.0431 e. The Bertz CT molecular complexity index is 61.5. The van der Waals surface area contributed by atoms with E-state index in [9.17, 15) is 0 Å². The summed E-state index contributed by atoms with van der Waals surface area (Å²) in [5.41, 5.74) is 0. The van der Waals surface area contributed by atoms with Crippen LogP contribution in [-0.2, 0) is 0 Å². The molecule has 2 N–H and O–H groups in total. The quantitative estimate of drug-likeness (QED) is 0.547. The average molecular weight is 115 g/mol. The zero-order valence-corrected chi connectivity index (χ0v) is 5.06. The third-order valence-electron chi connectivity index (χ3n) is 1.64. The minimum absolute atomic E-state index is 0.345. The summed E-state index contributed by atoms with van der Waals surface area (Å²) in [6.45, 7) is 1.52. The molecule has 1 atom stereocenters. The molecule has 1 saturated heterocycles. The lowest BCUT2D eigenvalue weighted by atomic mass is 10.0. The average Bonchev–Trinajstić information content (AvgIpc) is 1.63. The number of aliphatic hydroxyl groups excluding tert-OH is 1. The van der Waals surface area contributed by atoms with Gasteiger partial charge in [-0.2, -0.15) is 0 Å². The van der Waals surface area contributed by atoms with Gasteiger partial charge in [0.1, 0.15) is 0 Å². The van der Waals surface area contributed by atoms with Gasteiger partial charge in [0, 0.05) is 12.6 Å². The van der Waals surface area contributed by atoms with Crippen molar-refractivity contribution in [3.63, 3.8) is 0 Å². The highest BCUT2D eigenvalue weighted by Crippen LogP contribution is 2.07. The summed E-state index contributed by atoms with van der Waals surface area (Å²) in [6, 6.07) is 0.724. The van der Waals surface area contributed by atoms with Gasteiger partial charge in [-0.1, -0.05) is 0 Å². The van der Waals surface area contributed by atoms with Crippen LogP contribution in [0.3, 0.4) is 0 Å². The van der Waals surface area contributed by atoms with Crippen molar-refractivity contribution >= 4 is 0 Å². The molecule has 0 aromatic carbocycles. The number of hydrogen-bond donors (Lipinski definition) is 2. The second-order valence-corrected chi connectivity index (χ2v) is 2.31. The van der Waals surface area contributed by atoms with Gasteiger partial charge in [0.2, 0.25) is 0 Å². The van der Waals surface area contributed by atoms with Gasteiger partial charge < -0.3 is 10.4 Å². The molecule has 1 fully saturated rings. The molecule has 0 bridgehead atoms. The van der Waals surface area contributed by atoms with E-state index in [0.29, 0.717) is 6.61 Å². The van der Waals surface area contributed by atoms with Crippen LogP contribution >= 0.6 is 0 Å². The third kappa shape index (κ3) is 1.46. The molecule has 0 aromatic heterocycles. The minimum atomic E-state index is 0.345. The Balaban J connectivity index is 1.86. The predicted molar refractivity (Wildman–Crippen MR) is 32.7 cm³/mol. The van der Waals surface area contributed by atoms with Gasteiger partial charge in [0.15, 0.2) is 0 Å². The zero-order valence-electron chi connectivity index (χ0n) is 5.06. The van der Waals surface area contributed by atoms with Crippen LogP contribution in [0.15, 0.2) is 0 Å². The molecular weight excluding hydrogens is 102 g/mol. The lowest BCUT2D eigenvalue weighted by Gasteiger charge is -2.27. The van der Waals surface area contributed by atoms with E-state index in [0.717, 1.165) is 18.9 Å². The Kier molecular flexibility index (Phi) is 2.30. The summed E-state index contributed by atoms with van der Waals surface area (Å²) in [5.74, 6) is 0. The highest BCUT2D eigenvalue weighted by Gasteiger charge is 2.14. The molecule has 1 heterocycles. The number of rotatable bonds is 3. The molecule has 2 nitrogen and oxygen atoms in total. The van der Waals surface area contributed by atoms with Crippen molar-refractivity contribution in [2.75, 3.05) is 13.2 Å². The monoisotopic (exact) mass is 115 g/mol. The van der Waals surface area contributed by atoms with Crippen LogP contribution in [0, 0.1) is 0 Å². The van der Waals surface area contributed by atoms with Crippen LogP contribution < -0.4 is 5.32 Å². The maximum absolute atomic E-state index is 8.41. The van der Waals surface area contributed by atoms with E-state index in [-0.39, 0.29) is 0 Å². The van der Waals surface area contributed by atoms with Crippen LogP contribution in [-0.4, -0.2) is 24.3 Å². The SMILES string of the molecule is OCCCC1CCN1. The van der Waals surface area contributed by atoms with E-state index >= 15 is 0 Å². The lowest BCUT2D eigenvalue weighted by Crippen LogP contribution is -2.42. The van der Waals surface area contributed by atoms with Crippen LogP contribution in [0.2, 0.25) is 0 Å². The molecule has 1 aliphatic rings. The Morgan fingerprint density at radius 1 is 1.62 bits per heavy atom. The highest BCUT2D eigenvalue weighted by atomic mass is 16.2. The standard InChI is InChI=1S/C6H13NO/c8-5-1-2-6-3-4-7-6/h6-8H,1-5H2. The molecule has 0 radical (unpaired) electrons. The van der Waals surface area contributed by atoms with Crippen molar-refractivity contribution in [3.05, 3.63) is 0 Å². The number of hydrogen-bond acceptors (Lipinski definition) is 2. The van der Waals surface area contributed by atoms with E-state index in [2.05, 4.69) is 5.32 Å². The first-order valence-corrected chi connectivity index (χ1v) is 3.27. The summed E-state index contributed by atoms with van der Waals surface area (Å²) >= 11 is 0. The Hall–Kier alpha value is -0.0800. The zero-order chi connectivity index (χ0) is 5.82. The van der Waals surface area contributed by atoms with Gasteiger partial charge >= 0.3 is 0 Å². The second-order valence-electron chi connectivity index (χ2n) is 2.31. The fraction of sp³-hybridized carbons (Fsp3) is 1.00. The molecule has 1 rings (SSSR count). The first-order chi connectivity index (χ1) is 3.93. The lowest BCUT2D eigenvalue weighted by molar-refractivity contribution is 0.257. The molecule has 0 aromatic rings. The van der Waals surface area contributed by atoms with Crippen LogP contribution in [0.4, 0.5) is 0 Å². The maximum atomic E-state index is 8.41. The van der Waals surface area contributed by atoms with E-state index in [1.165, 1.54) is 13.0 Å². The Morgan fingerprint density at radius 3 is 2.75 bits per heavy atom. The van der Waals surface area contributed by atoms with Crippen molar-refractivity contribution in [2.24, 2.45) is 0 Å².